The van der Waals surface area contributed by atoms with Crippen LogP contribution in [-0.2, 0) is 19.1 Å². The first-order valence-electron chi connectivity index (χ1n) is 6.92. The summed E-state index contributed by atoms with van der Waals surface area (Å²) in [6.45, 7) is 4.18. The summed E-state index contributed by atoms with van der Waals surface area (Å²) in [5.74, 6) is -1.74. The Hall–Kier alpha value is -1.58. The monoisotopic (exact) mass is 264 g/mol. The molecule has 0 aromatic heterocycles. The maximum absolute atomic E-state index is 12.0. The Kier molecular flexibility index (Phi) is 4.40. The van der Waals surface area contributed by atoms with E-state index in [4.69, 9.17) is 9.47 Å². The predicted octanol–water partition coefficient (Wildman–Crippen LogP) is 2.40. The van der Waals surface area contributed by atoms with Gasteiger partial charge in [-0.15, -0.1) is 0 Å². The molecule has 0 aromatic carbocycles. The van der Waals surface area contributed by atoms with Gasteiger partial charge in [0.2, 0.25) is 0 Å². The lowest BCUT2D eigenvalue weighted by molar-refractivity contribution is -0.156. The van der Waals surface area contributed by atoms with Crippen LogP contribution in [0.25, 0.3) is 0 Å². The molecule has 2 aliphatic rings. The summed E-state index contributed by atoms with van der Waals surface area (Å²) in [5.41, 5.74) is 2.39. The Morgan fingerprint density at radius 2 is 1.42 bits per heavy atom. The van der Waals surface area contributed by atoms with E-state index in [2.05, 4.69) is 0 Å². The number of rotatable bonds is 4. The van der Waals surface area contributed by atoms with Crippen LogP contribution < -0.4 is 0 Å². The highest BCUT2D eigenvalue weighted by molar-refractivity contribution is 5.86. The van der Waals surface area contributed by atoms with E-state index >= 15 is 0 Å². The van der Waals surface area contributed by atoms with Gasteiger partial charge in [-0.25, -0.2) is 0 Å². The van der Waals surface area contributed by atoms with Crippen LogP contribution in [0.2, 0.25) is 0 Å². The molecular weight excluding hydrogens is 244 g/mol. The van der Waals surface area contributed by atoms with Crippen LogP contribution in [-0.4, -0.2) is 25.2 Å². The summed E-state index contributed by atoms with van der Waals surface area (Å²) in [6.07, 6.45) is 6.86. The summed E-state index contributed by atoms with van der Waals surface area (Å²) >= 11 is 0. The molecule has 0 saturated heterocycles. The summed E-state index contributed by atoms with van der Waals surface area (Å²) in [6, 6.07) is 0. The van der Waals surface area contributed by atoms with Gasteiger partial charge in [0.15, 0.2) is 0 Å². The van der Waals surface area contributed by atoms with Gasteiger partial charge in [-0.05, 0) is 44.3 Å². The van der Waals surface area contributed by atoms with Crippen LogP contribution in [0.3, 0.4) is 0 Å². The standard InChI is InChI=1S/C15H20O4/c1-3-18-14(16)12-8-10-6-5-7-11(10)9-13(12)15(17)19-4-2/h8-9,12-13H,3-7H2,1-2H3/t12-,13-/m1/s1. The molecule has 4 nitrogen and oxygen atoms in total. The van der Waals surface area contributed by atoms with E-state index in [-0.39, 0.29) is 11.9 Å². The van der Waals surface area contributed by atoms with Gasteiger partial charge in [0.05, 0.1) is 25.0 Å². The summed E-state index contributed by atoms with van der Waals surface area (Å²) in [5, 5.41) is 0. The average Bonchev–Trinajstić information content (AvgIpc) is 2.85. The Bertz CT molecular complexity index is 393. The van der Waals surface area contributed by atoms with Gasteiger partial charge in [0.1, 0.15) is 0 Å². The SMILES string of the molecule is CCOC(=O)[C@@H]1C=C2CCCC2=C[C@H]1C(=O)OCC. The van der Waals surface area contributed by atoms with E-state index in [1.165, 1.54) is 11.1 Å². The van der Waals surface area contributed by atoms with Crippen molar-refractivity contribution in [2.24, 2.45) is 11.8 Å². The second kappa shape index (κ2) is 6.04. The lowest BCUT2D eigenvalue weighted by Crippen LogP contribution is -2.32. The minimum absolute atomic E-state index is 0.324. The highest BCUT2D eigenvalue weighted by atomic mass is 16.5. The smallest absolute Gasteiger partial charge is 0.314 e. The van der Waals surface area contributed by atoms with Crippen molar-refractivity contribution < 1.29 is 19.1 Å². The molecule has 0 aliphatic heterocycles. The molecule has 0 N–H and O–H groups in total. The number of fused-ring (bicyclic) bond motifs is 1. The van der Waals surface area contributed by atoms with Crippen molar-refractivity contribution in [2.45, 2.75) is 33.1 Å². The van der Waals surface area contributed by atoms with Crippen molar-refractivity contribution in [3.05, 3.63) is 23.3 Å². The molecular formula is C15H20O4. The van der Waals surface area contributed by atoms with E-state index in [0.717, 1.165) is 19.3 Å². The number of esters is 2. The first-order chi connectivity index (χ1) is 9.17. The third-order valence-electron chi connectivity index (χ3n) is 3.57. The Morgan fingerprint density at radius 3 is 1.79 bits per heavy atom. The van der Waals surface area contributed by atoms with E-state index in [1.54, 1.807) is 13.8 Å². The molecule has 19 heavy (non-hydrogen) atoms. The largest absolute Gasteiger partial charge is 0.466 e. The number of carbonyl (C=O) groups excluding carboxylic acids is 2. The van der Waals surface area contributed by atoms with Crippen molar-refractivity contribution in [3.63, 3.8) is 0 Å². The molecule has 0 bridgehead atoms. The van der Waals surface area contributed by atoms with Gasteiger partial charge >= 0.3 is 11.9 Å². The van der Waals surface area contributed by atoms with Crippen molar-refractivity contribution >= 4 is 11.9 Å². The third-order valence-corrected chi connectivity index (χ3v) is 3.57. The van der Waals surface area contributed by atoms with E-state index < -0.39 is 11.8 Å². The Morgan fingerprint density at radius 1 is 1.00 bits per heavy atom. The van der Waals surface area contributed by atoms with E-state index in [0.29, 0.717) is 13.2 Å². The number of hydrogen-bond acceptors (Lipinski definition) is 4. The fourth-order valence-electron chi connectivity index (χ4n) is 2.72. The second-order valence-corrected chi connectivity index (χ2v) is 4.79. The van der Waals surface area contributed by atoms with Gasteiger partial charge in [-0.3, -0.25) is 9.59 Å². The molecule has 104 valence electrons. The van der Waals surface area contributed by atoms with Crippen LogP contribution in [0.1, 0.15) is 33.1 Å². The molecule has 0 amide bonds. The molecule has 2 rings (SSSR count). The number of carbonyl (C=O) groups is 2. The first kappa shape index (κ1) is 13.8. The van der Waals surface area contributed by atoms with E-state index in [1.807, 2.05) is 12.2 Å². The van der Waals surface area contributed by atoms with Crippen LogP contribution in [0.15, 0.2) is 23.3 Å². The fourth-order valence-corrected chi connectivity index (χ4v) is 2.72. The van der Waals surface area contributed by atoms with Gasteiger partial charge in [0.25, 0.3) is 0 Å². The van der Waals surface area contributed by atoms with Crippen molar-refractivity contribution in [3.8, 4) is 0 Å². The van der Waals surface area contributed by atoms with E-state index in [9.17, 15) is 9.59 Å². The van der Waals surface area contributed by atoms with Crippen LogP contribution in [0.4, 0.5) is 0 Å². The van der Waals surface area contributed by atoms with Crippen molar-refractivity contribution in [1.82, 2.24) is 0 Å². The highest BCUT2D eigenvalue weighted by Crippen LogP contribution is 2.38. The second-order valence-electron chi connectivity index (χ2n) is 4.79. The van der Waals surface area contributed by atoms with Gasteiger partial charge in [0, 0.05) is 0 Å². The predicted molar refractivity (Wildman–Crippen MR) is 70.3 cm³/mol. The third kappa shape index (κ3) is 2.88. The molecule has 0 aromatic rings. The van der Waals surface area contributed by atoms with Crippen molar-refractivity contribution in [2.75, 3.05) is 13.2 Å². The van der Waals surface area contributed by atoms with Crippen LogP contribution >= 0.6 is 0 Å². The maximum Gasteiger partial charge on any atom is 0.314 e. The van der Waals surface area contributed by atoms with Gasteiger partial charge in [-0.2, -0.15) is 0 Å². The van der Waals surface area contributed by atoms with Crippen molar-refractivity contribution in [1.29, 1.82) is 0 Å². The lowest BCUT2D eigenvalue weighted by Gasteiger charge is -2.24. The number of allylic oxidation sites excluding steroid dienone is 2. The fraction of sp³-hybridized carbons (Fsp3) is 0.600. The quantitative estimate of drug-likeness (QED) is 0.732. The molecule has 2 atom stereocenters. The lowest BCUT2D eigenvalue weighted by atomic mass is 9.83. The number of hydrogen-bond donors (Lipinski definition) is 0. The molecule has 0 heterocycles. The molecule has 0 radical (unpaired) electrons. The highest BCUT2D eigenvalue weighted by Gasteiger charge is 2.37. The Balaban J connectivity index is 2.24. The summed E-state index contributed by atoms with van der Waals surface area (Å²) in [7, 11) is 0. The zero-order valence-electron chi connectivity index (χ0n) is 11.5. The van der Waals surface area contributed by atoms with Crippen LogP contribution in [0.5, 0.6) is 0 Å². The summed E-state index contributed by atoms with van der Waals surface area (Å²) in [4.78, 5) is 24.0. The van der Waals surface area contributed by atoms with Crippen LogP contribution in [0, 0.1) is 11.8 Å². The maximum atomic E-state index is 12.0. The molecule has 0 unspecified atom stereocenters. The molecule has 4 heteroatoms. The molecule has 1 fully saturated rings. The zero-order valence-corrected chi connectivity index (χ0v) is 11.5. The minimum Gasteiger partial charge on any atom is -0.466 e. The number of ether oxygens (including phenoxy) is 2. The van der Waals surface area contributed by atoms with Gasteiger partial charge < -0.3 is 9.47 Å². The average molecular weight is 264 g/mol. The zero-order chi connectivity index (χ0) is 13.8. The first-order valence-corrected chi connectivity index (χ1v) is 6.92. The molecule has 0 spiro atoms. The van der Waals surface area contributed by atoms with Gasteiger partial charge in [-0.1, -0.05) is 12.2 Å². The minimum atomic E-state index is -0.532. The molecule has 2 aliphatic carbocycles. The summed E-state index contributed by atoms with van der Waals surface area (Å²) < 4.78 is 10.1. The molecule has 1 saturated carbocycles. The topological polar surface area (TPSA) is 52.6 Å². The normalized spacial score (nSPS) is 25.2. The Labute approximate surface area is 113 Å².